The number of aliphatic hydroxyl groups is 1. The van der Waals surface area contributed by atoms with Crippen LogP contribution in [0.3, 0.4) is 0 Å². The van der Waals surface area contributed by atoms with E-state index in [1.807, 2.05) is 30.3 Å². The van der Waals surface area contributed by atoms with Gasteiger partial charge in [0.25, 0.3) is 5.56 Å². The zero-order valence-electron chi connectivity index (χ0n) is 15.1. The molecule has 4 rings (SSSR count). The predicted molar refractivity (Wildman–Crippen MR) is 111 cm³/mol. The summed E-state index contributed by atoms with van der Waals surface area (Å²) >= 11 is 11.9. The summed E-state index contributed by atoms with van der Waals surface area (Å²) in [5.41, 5.74) is 0.724. The second-order valence-electron chi connectivity index (χ2n) is 6.38. The van der Waals surface area contributed by atoms with Gasteiger partial charge in [0.2, 0.25) is 0 Å². The van der Waals surface area contributed by atoms with Crippen LogP contribution in [0.25, 0.3) is 16.6 Å². The van der Waals surface area contributed by atoms with E-state index < -0.39 is 6.10 Å². The van der Waals surface area contributed by atoms with Crippen LogP contribution in [-0.2, 0) is 6.54 Å². The van der Waals surface area contributed by atoms with Crippen LogP contribution in [0.1, 0.15) is 0 Å². The highest BCUT2D eigenvalue weighted by atomic mass is 35.5. The van der Waals surface area contributed by atoms with Gasteiger partial charge in [0.1, 0.15) is 18.5 Å². The topological polar surface area (TPSA) is 82.2 Å². The maximum atomic E-state index is 12.7. The molecule has 1 N–H and O–H groups in total. The molecule has 29 heavy (non-hydrogen) atoms. The van der Waals surface area contributed by atoms with Gasteiger partial charge < -0.3 is 9.84 Å². The molecule has 9 heteroatoms. The number of aromatic nitrogens is 4. The molecule has 2 aromatic carbocycles. The first-order valence-corrected chi connectivity index (χ1v) is 9.54. The molecular formula is C20H16Cl2N4O3. The molecule has 0 aliphatic heterocycles. The Hall–Kier alpha value is -2.87. The van der Waals surface area contributed by atoms with Crippen LogP contribution in [0.2, 0.25) is 10.0 Å². The monoisotopic (exact) mass is 430 g/mol. The van der Waals surface area contributed by atoms with E-state index in [2.05, 4.69) is 10.2 Å². The fourth-order valence-corrected chi connectivity index (χ4v) is 3.29. The molecule has 0 aliphatic rings. The summed E-state index contributed by atoms with van der Waals surface area (Å²) < 4.78 is 8.31. The van der Waals surface area contributed by atoms with Gasteiger partial charge in [-0.25, -0.2) is 9.36 Å². The van der Waals surface area contributed by atoms with Crippen molar-refractivity contribution < 1.29 is 9.84 Å². The van der Waals surface area contributed by atoms with Crippen LogP contribution in [0.15, 0.2) is 65.7 Å². The number of halogens is 2. The number of nitrogens with zero attached hydrogens (tertiary/aromatic N) is 4. The molecule has 2 heterocycles. The van der Waals surface area contributed by atoms with Crippen molar-refractivity contribution in [2.45, 2.75) is 12.6 Å². The van der Waals surface area contributed by atoms with Crippen molar-refractivity contribution in [3.8, 4) is 11.4 Å². The first kappa shape index (κ1) is 19.4. The normalized spacial score (nSPS) is 12.2. The lowest BCUT2D eigenvalue weighted by Crippen LogP contribution is -2.32. The Kier molecular flexibility index (Phi) is 5.53. The summed E-state index contributed by atoms with van der Waals surface area (Å²) in [6.45, 7) is -0.107. The molecule has 0 amide bonds. The maximum Gasteiger partial charge on any atom is 0.295 e. The van der Waals surface area contributed by atoms with Gasteiger partial charge in [-0.1, -0.05) is 41.4 Å². The molecule has 148 valence electrons. The lowest BCUT2D eigenvalue weighted by molar-refractivity contribution is 0.0882. The molecule has 2 aromatic heterocycles. The largest absolute Gasteiger partial charge is 0.489 e. The van der Waals surface area contributed by atoms with Crippen LogP contribution >= 0.6 is 23.2 Å². The van der Waals surface area contributed by atoms with Gasteiger partial charge in [0.15, 0.2) is 5.52 Å². The second kappa shape index (κ2) is 8.24. The van der Waals surface area contributed by atoms with E-state index in [1.54, 1.807) is 35.3 Å². The molecule has 1 atom stereocenters. The molecular weight excluding hydrogens is 415 g/mol. The minimum atomic E-state index is -0.972. The van der Waals surface area contributed by atoms with E-state index in [1.165, 1.54) is 4.68 Å². The molecule has 0 saturated heterocycles. The van der Waals surface area contributed by atoms with Crippen molar-refractivity contribution >= 4 is 34.1 Å². The molecule has 0 saturated carbocycles. The third kappa shape index (κ3) is 4.27. The Morgan fingerprint density at radius 1 is 1.14 bits per heavy atom. The minimum absolute atomic E-state index is 0.0435. The van der Waals surface area contributed by atoms with Crippen LogP contribution in [0.4, 0.5) is 0 Å². The summed E-state index contributed by atoms with van der Waals surface area (Å²) in [5, 5.41) is 20.2. The number of rotatable bonds is 6. The Morgan fingerprint density at radius 2 is 1.93 bits per heavy atom. The van der Waals surface area contributed by atoms with Gasteiger partial charge in [-0.3, -0.25) is 4.79 Å². The number of hydrogen-bond donors (Lipinski definition) is 1. The van der Waals surface area contributed by atoms with Crippen LogP contribution < -0.4 is 10.3 Å². The number of ether oxygens (including phenoxy) is 1. The SMILES string of the molecule is O=c1c2nn(-c3ccccc3)cc2cnn1CC(O)COc1ccc(Cl)cc1Cl. The number of fused-ring (bicyclic) bond motifs is 1. The van der Waals surface area contributed by atoms with E-state index in [0.717, 1.165) is 5.69 Å². The van der Waals surface area contributed by atoms with E-state index in [4.69, 9.17) is 27.9 Å². The van der Waals surface area contributed by atoms with Gasteiger partial charge in [-0.2, -0.15) is 10.2 Å². The molecule has 0 bridgehead atoms. The maximum absolute atomic E-state index is 12.7. The smallest absolute Gasteiger partial charge is 0.295 e. The van der Waals surface area contributed by atoms with E-state index in [-0.39, 0.29) is 24.2 Å². The highest BCUT2D eigenvalue weighted by Crippen LogP contribution is 2.27. The van der Waals surface area contributed by atoms with Crippen LogP contribution in [0.5, 0.6) is 5.75 Å². The van der Waals surface area contributed by atoms with E-state index in [0.29, 0.717) is 21.2 Å². The second-order valence-corrected chi connectivity index (χ2v) is 7.23. The van der Waals surface area contributed by atoms with Crippen molar-refractivity contribution in [2.75, 3.05) is 6.61 Å². The fourth-order valence-electron chi connectivity index (χ4n) is 2.83. The van der Waals surface area contributed by atoms with Crippen molar-refractivity contribution in [2.24, 2.45) is 0 Å². The fraction of sp³-hybridized carbons (Fsp3) is 0.150. The number of para-hydroxylation sites is 1. The highest BCUT2D eigenvalue weighted by Gasteiger charge is 2.14. The van der Waals surface area contributed by atoms with Crippen LogP contribution in [-0.4, -0.2) is 37.4 Å². The molecule has 0 radical (unpaired) electrons. The van der Waals surface area contributed by atoms with Gasteiger partial charge in [0.05, 0.1) is 23.5 Å². The zero-order valence-corrected chi connectivity index (χ0v) is 16.6. The van der Waals surface area contributed by atoms with Crippen molar-refractivity contribution in [1.82, 2.24) is 19.6 Å². The lowest BCUT2D eigenvalue weighted by atomic mass is 10.3. The van der Waals surface area contributed by atoms with E-state index in [9.17, 15) is 9.90 Å². The minimum Gasteiger partial charge on any atom is -0.489 e. The summed E-state index contributed by atoms with van der Waals surface area (Å²) in [5.74, 6) is 0.396. The average molecular weight is 431 g/mol. The van der Waals surface area contributed by atoms with Crippen molar-refractivity contribution in [1.29, 1.82) is 0 Å². The molecule has 7 nitrogen and oxygen atoms in total. The van der Waals surface area contributed by atoms with Gasteiger partial charge in [-0.15, -0.1) is 0 Å². The Bertz CT molecular complexity index is 1210. The van der Waals surface area contributed by atoms with Gasteiger partial charge in [-0.05, 0) is 30.3 Å². The van der Waals surface area contributed by atoms with Crippen LogP contribution in [0, 0.1) is 0 Å². The summed E-state index contributed by atoms with van der Waals surface area (Å²) in [7, 11) is 0. The lowest BCUT2D eigenvalue weighted by Gasteiger charge is -2.14. The number of hydrogen-bond acceptors (Lipinski definition) is 5. The summed E-state index contributed by atoms with van der Waals surface area (Å²) in [4.78, 5) is 12.7. The Labute approximate surface area is 175 Å². The molecule has 0 spiro atoms. The summed E-state index contributed by atoms with van der Waals surface area (Å²) in [6, 6.07) is 14.3. The third-order valence-corrected chi connectivity index (χ3v) is 4.78. The third-order valence-electron chi connectivity index (χ3n) is 4.25. The Balaban J connectivity index is 1.50. The van der Waals surface area contributed by atoms with Gasteiger partial charge >= 0.3 is 0 Å². The molecule has 0 fully saturated rings. The zero-order chi connectivity index (χ0) is 20.4. The van der Waals surface area contributed by atoms with Crippen molar-refractivity contribution in [3.05, 3.63) is 81.3 Å². The highest BCUT2D eigenvalue weighted by molar-refractivity contribution is 6.35. The summed E-state index contributed by atoms with van der Waals surface area (Å²) in [6.07, 6.45) is 2.32. The predicted octanol–water partition coefficient (Wildman–Crippen LogP) is 3.33. The number of benzene rings is 2. The quantitative estimate of drug-likeness (QED) is 0.507. The Morgan fingerprint density at radius 3 is 2.69 bits per heavy atom. The molecule has 0 aliphatic carbocycles. The molecule has 1 unspecified atom stereocenters. The van der Waals surface area contributed by atoms with E-state index >= 15 is 0 Å². The average Bonchev–Trinajstić information content (AvgIpc) is 3.15. The first-order chi connectivity index (χ1) is 14.0. The standard InChI is InChI=1S/C20H16Cl2N4O3/c21-14-6-7-18(17(22)8-14)29-12-16(27)11-26-20(28)19-13(9-23-26)10-25(24-19)15-4-2-1-3-5-15/h1-10,16,27H,11-12H2. The van der Waals surface area contributed by atoms with Crippen molar-refractivity contribution in [3.63, 3.8) is 0 Å². The molecule has 4 aromatic rings. The first-order valence-electron chi connectivity index (χ1n) is 8.78. The van der Waals surface area contributed by atoms with Gasteiger partial charge in [0, 0.05) is 16.6 Å². The number of aliphatic hydroxyl groups excluding tert-OH is 1.